The first kappa shape index (κ1) is 13.2. The first-order valence-electron chi connectivity index (χ1n) is 7.20. The second-order valence-corrected chi connectivity index (χ2v) is 7.19. The van der Waals surface area contributed by atoms with Crippen molar-refractivity contribution >= 4 is 23.7 Å². The number of hydrogen-bond donors (Lipinski definition) is 0. The van der Waals surface area contributed by atoms with E-state index in [0.717, 1.165) is 11.3 Å². The SMILES string of the molecule is COC(=O)[C@@H]1[C@H]2C[C@@H]3[C@@H](OC(=O)[C@@H]31)[C@@H]2Sc1ccccc1. The fourth-order valence-corrected chi connectivity index (χ4v) is 5.74. The number of carbonyl (C=O) groups excluding carboxylic acids is 2. The van der Waals surface area contributed by atoms with Crippen LogP contribution in [0.3, 0.4) is 0 Å². The molecular weight excluding hydrogens is 288 g/mol. The van der Waals surface area contributed by atoms with Gasteiger partial charge in [0.1, 0.15) is 6.10 Å². The second kappa shape index (κ2) is 4.77. The molecule has 1 saturated heterocycles. The number of carbonyl (C=O) groups is 2. The van der Waals surface area contributed by atoms with Crippen LogP contribution in [0.5, 0.6) is 0 Å². The van der Waals surface area contributed by atoms with Crippen LogP contribution < -0.4 is 0 Å². The summed E-state index contributed by atoms with van der Waals surface area (Å²) in [7, 11) is 1.39. The fourth-order valence-electron chi connectivity index (χ4n) is 4.26. The summed E-state index contributed by atoms with van der Waals surface area (Å²) >= 11 is 1.72. The van der Waals surface area contributed by atoms with E-state index < -0.39 is 0 Å². The minimum absolute atomic E-state index is 0.0430. The Morgan fingerprint density at radius 3 is 2.76 bits per heavy atom. The molecule has 3 fully saturated rings. The van der Waals surface area contributed by atoms with E-state index in [2.05, 4.69) is 12.1 Å². The van der Waals surface area contributed by atoms with E-state index in [9.17, 15) is 9.59 Å². The van der Waals surface area contributed by atoms with E-state index in [1.165, 1.54) is 7.11 Å². The first-order chi connectivity index (χ1) is 10.2. The van der Waals surface area contributed by atoms with Gasteiger partial charge in [0.2, 0.25) is 0 Å². The molecule has 0 spiro atoms. The molecule has 6 atom stereocenters. The highest BCUT2D eigenvalue weighted by atomic mass is 32.2. The highest BCUT2D eigenvalue weighted by Gasteiger charge is 2.68. The lowest BCUT2D eigenvalue weighted by molar-refractivity contribution is -0.153. The Balaban J connectivity index is 1.64. The predicted molar refractivity (Wildman–Crippen MR) is 76.6 cm³/mol. The lowest BCUT2D eigenvalue weighted by Crippen LogP contribution is -2.39. The highest BCUT2D eigenvalue weighted by molar-refractivity contribution is 8.00. The molecule has 1 aromatic carbocycles. The number of esters is 2. The van der Waals surface area contributed by atoms with Crippen LogP contribution in [0.2, 0.25) is 0 Å². The Morgan fingerprint density at radius 1 is 1.29 bits per heavy atom. The van der Waals surface area contributed by atoms with Crippen molar-refractivity contribution < 1.29 is 19.1 Å². The van der Waals surface area contributed by atoms with E-state index in [1.54, 1.807) is 11.8 Å². The lowest BCUT2D eigenvalue weighted by Gasteiger charge is -2.29. The third kappa shape index (κ3) is 1.83. The molecule has 1 aromatic rings. The molecule has 21 heavy (non-hydrogen) atoms. The van der Waals surface area contributed by atoms with Crippen molar-refractivity contribution in [3.63, 3.8) is 0 Å². The quantitative estimate of drug-likeness (QED) is 0.801. The summed E-state index contributed by atoms with van der Waals surface area (Å²) in [6.07, 6.45) is 0.851. The van der Waals surface area contributed by atoms with Crippen molar-refractivity contribution in [2.24, 2.45) is 23.7 Å². The number of methoxy groups -OCH3 is 1. The summed E-state index contributed by atoms with van der Waals surface area (Å²) in [5, 5.41) is 0.157. The van der Waals surface area contributed by atoms with Crippen molar-refractivity contribution in [3.05, 3.63) is 30.3 Å². The highest BCUT2D eigenvalue weighted by Crippen LogP contribution is 2.61. The monoisotopic (exact) mass is 304 g/mol. The van der Waals surface area contributed by atoms with E-state index in [0.29, 0.717) is 0 Å². The first-order valence-corrected chi connectivity index (χ1v) is 8.08. The summed E-state index contributed by atoms with van der Waals surface area (Å²) in [5.74, 6) is -0.711. The molecule has 0 aromatic heterocycles. The standard InChI is InChI=1S/C16H16O4S/c1-19-15(17)12-10-7-9-11(12)16(18)20-13(9)14(10)21-8-5-3-2-4-6-8/h2-6,9-14H,7H2,1H3/t9-,10+,11-,12+,13+,14+/m0/s1. The number of ether oxygens (including phenoxy) is 2. The molecule has 110 valence electrons. The summed E-state index contributed by atoms with van der Waals surface area (Å²) in [4.78, 5) is 25.3. The van der Waals surface area contributed by atoms with Crippen molar-refractivity contribution in [1.29, 1.82) is 0 Å². The van der Waals surface area contributed by atoms with Gasteiger partial charge in [-0.05, 0) is 24.5 Å². The molecule has 1 heterocycles. The number of fused-ring (bicyclic) bond motifs is 1. The molecule has 2 aliphatic carbocycles. The Morgan fingerprint density at radius 2 is 2.05 bits per heavy atom. The smallest absolute Gasteiger partial charge is 0.310 e. The maximum absolute atomic E-state index is 12.1. The van der Waals surface area contributed by atoms with Gasteiger partial charge in [0.05, 0.1) is 24.2 Å². The molecule has 4 nitrogen and oxygen atoms in total. The van der Waals surface area contributed by atoms with Crippen LogP contribution in [0.25, 0.3) is 0 Å². The number of thioether (sulfide) groups is 1. The summed E-state index contributed by atoms with van der Waals surface area (Å²) < 4.78 is 10.5. The zero-order valence-electron chi connectivity index (χ0n) is 11.6. The average molecular weight is 304 g/mol. The van der Waals surface area contributed by atoms with Gasteiger partial charge in [-0.1, -0.05) is 18.2 Å². The molecule has 3 aliphatic rings. The van der Waals surface area contributed by atoms with Crippen molar-refractivity contribution in [2.45, 2.75) is 22.7 Å². The summed E-state index contributed by atoms with van der Waals surface area (Å²) in [6.45, 7) is 0. The summed E-state index contributed by atoms with van der Waals surface area (Å²) in [6, 6.07) is 10.1. The Bertz CT molecular complexity index is 587. The summed E-state index contributed by atoms with van der Waals surface area (Å²) in [5.41, 5.74) is 0. The van der Waals surface area contributed by atoms with Crippen molar-refractivity contribution in [2.75, 3.05) is 7.11 Å². The van der Waals surface area contributed by atoms with Gasteiger partial charge < -0.3 is 9.47 Å². The van der Waals surface area contributed by atoms with Crippen LogP contribution in [0.4, 0.5) is 0 Å². The molecule has 2 saturated carbocycles. The van der Waals surface area contributed by atoms with E-state index in [4.69, 9.17) is 9.47 Å². The Labute approximate surface area is 127 Å². The molecule has 4 rings (SSSR count). The van der Waals surface area contributed by atoms with Gasteiger partial charge >= 0.3 is 11.9 Å². The minimum Gasteiger partial charge on any atom is -0.469 e. The van der Waals surface area contributed by atoms with Gasteiger partial charge in [-0.2, -0.15) is 0 Å². The molecule has 0 amide bonds. The fraction of sp³-hybridized carbons (Fsp3) is 0.500. The maximum atomic E-state index is 12.1. The third-order valence-corrected chi connectivity index (χ3v) is 6.47. The molecule has 0 unspecified atom stereocenters. The van der Waals surface area contributed by atoms with Gasteiger partial charge in [0.25, 0.3) is 0 Å². The molecule has 0 N–H and O–H groups in total. The predicted octanol–water partition coefficient (Wildman–Crippen LogP) is 2.13. The number of hydrogen-bond acceptors (Lipinski definition) is 5. The minimum atomic E-state index is -0.326. The molecule has 2 bridgehead atoms. The van der Waals surface area contributed by atoms with Crippen LogP contribution in [0, 0.1) is 23.7 Å². The topological polar surface area (TPSA) is 52.6 Å². The van der Waals surface area contributed by atoms with Gasteiger partial charge in [-0.3, -0.25) is 9.59 Å². The van der Waals surface area contributed by atoms with E-state index in [1.807, 2.05) is 18.2 Å². The zero-order chi connectivity index (χ0) is 14.6. The van der Waals surface area contributed by atoms with Crippen LogP contribution in [-0.2, 0) is 19.1 Å². The normalized spacial score (nSPS) is 39.4. The van der Waals surface area contributed by atoms with Crippen LogP contribution >= 0.6 is 11.8 Å². The number of benzene rings is 1. The zero-order valence-corrected chi connectivity index (χ0v) is 12.4. The molecular formula is C16H16O4S. The van der Waals surface area contributed by atoms with Gasteiger partial charge in [0.15, 0.2) is 0 Å². The van der Waals surface area contributed by atoms with Gasteiger partial charge in [-0.15, -0.1) is 11.8 Å². The number of rotatable bonds is 3. The Hall–Kier alpha value is -1.49. The maximum Gasteiger partial charge on any atom is 0.310 e. The lowest BCUT2D eigenvalue weighted by atomic mass is 9.80. The largest absolute Gasteiger partial charge is 0.469 e. The van der Waals surface area contributed by atoms with E-state index in [-0.39, 0.29) is 47.0 Å². The Kier molecular flexibility index (Phi) is 2.99. The van der Waals surface area contributed by atoms with Crippen LogP contribution in [0.1, 0.15) is 6.42 Å². The molecule has 1 aliphatic heterocycles. The van der Waals surface area contributed by atoms with Crippen LogP contribution in [0.15, 0.2) is 35.2 Å². The second-order valence-electron chi connectivity index (χ2n) is 5.94. The molecule has 0 radical (unpaired) electrons. The van der Waals surface area contributed by atoms with Crippen molar-refractivity contribution in [3.8, 4) is 0 Å². The van der Waals surface area contributed by atoms with Crippen LogP contribution in [-0.4, -0.2) is 30.4 Å². The average Bonchev–Trinajstić information content (AvgIpc) is 3.11. The van der Waals surface area contributed by atoms with Gasteiger partial charge in [-0.25, -0.2) is 0 Å². The van der Waals surface area contributed by atoms with Gasteiger partial charge in [0, 0.05) is 10.8 Å². The van der Waals surface area contributed by atoms with E-state index >= 15 is 0 Å². The molecule has 5 heteroatoms. The van der Waals surface area contributed by atoms with Crippen molar-refractivity contribution in [1.82, 2.24) is 0 Å². The third-order valence-electron chi connectivity index (χ3n) is 5.03.